The third-order valence-corrected chi connectivity index (χ3v) is 3.53. The predicted octanol–water partition coefficient (Wildman–Crippen LogP) is 4.39. The Bertz CT molecular complexity index is 584. The Morgan fingerprint density at radius 2 is 1.90 bits per heavy atom. The Morgan fingerprint density at radius 1 is 1.14 bits per heavy atom. The molecule has 0 radical (unpaired) electrons. The number of ether oxygens (including phenoxy) is 1. The van der Waals surface area contributed by atoms with E-state index in [0.717, 1.165) is 36.6 Å². The first-order valence-electron chi connectivity index (χ1n) is 7.80. The number of rotatable bonds is 7. The van der Waals surface area contributed by atoms with E-state index in [9.17, 15) is 0 Å². The molecule has 0 amide bonds. The summed E-state index contributed by atoms with van der Waals surface area (Å²) in [5.74, 6) is 3.15. The van der Waals surface area contributed by atoms with Crippen molar-refractivity contribution in [1.29, 1.82) is 0 Å². The van der Waals surface area contributed by atoms with Gasteiger partial charge in [-0.2, -0.15) is 0 Å². The summed E-state index contributed by atoms with van der Waals surface area (Å²) in [5, 5.41) is 4.69. The van der Waals surface area contributed by atoms with Crippen LogP contribution in [-0.4, -0.2) is 13.7 Å². The molecule has 2 aromatic rings. The standard InChI is InChI=1S/C18H27NO2/c1-12(2)8-16-15-7-6-14(20-5)9-17(15)21-18(16)11-19-10-13(3)4/h6-7,9,12-13,19H,8,10-11H2,1-5H3. The summed E-state index contributed by atoms with van der Waals surface area (Å²) in [7, 11) is 1.68. The van der Waals surface area contributed by atoms with Gasteiger partial charge >= 0.3 is 0 Å². The van der Waals surface area contributed by atoms with Gasteiger partial charge in [-0.05, 0) is 36.9 Å². The van der Waals surface area contributed by atoms with Crippen LogP contribution in [0, 0.1) is 11.8 Å². The van der Waals surface area contributed by atoms with Crippen molar-refractivity contribution in [2.24, 2.45) is 11.8 Å². The normalized spacial score (nSPS) is 11.8. The van der Waals surface area contributed by atoms with Gasteiger partial charge in [0.2, 0.25) is 0 Å². The lowest BCUT2D eigenvalue weighted by Gasteiger charge is -2.09. The highest BCUT2D eigenvalue weighted by Gasteiger charge is 2.15. The van der Waals surface area contributed by atoms with Crippen molar-refractivity contribution in [2.75, 3.05) is 13.7 Å². The Kier molecular flexibility index (Phi) is 5.29. The molecule has 116 valence electrons. The van der Waals surface area contributed by atoms with Crippen LogP contribution >= 0.6 is 0 Å². The molecule has 0 atom stereocenters. The van der Waals surface area contributed by atoms with E-state index in [1.54, 1.807) is 7.11 Å². The third kappa shape index (κ3) is 4.01. The maximum Gasteiger partial charge on any atom is 0.138 e. The molecular formula is C18H27NO2. The lowest BCUT2D eigenvalue weighted by Crippen LogP contribution is -2.19. The van der Waals surface area contributed by atoms with Crippen molar-refractivity contribution in [1.82, 2.24) is 5.32 Å². The first kappa shape index (κ1) is 15.9. The highest BCUT2D eigenvalue weighted by Crippen LogP contribution is 2.31. The van der Waals surface area contributed by atoms with E-state index in [-0.39, 0.29) is 0 Å². The Balaban J connectivity index is 2.32. The minimum Gasteiger partial charge on any atom is -0.497 e. The van der Waals surface area contributed by atoms with Gasteiger partial charge in [-0.3, -0.25) is 0 Å². The number of fused-ring (bicyclic) bond motifs is 1. The van der Waals surface area contributed by atoms with E-state index in [2.05, 4.69) is 39.1 Å². The van der Waals surface area contributed by atoms with E-state index >= 15 is 0 Å². The molecule has 1 N–H and O–H groups in total. The number of benzene rings is 1. The SMILES string of the molecule is COc1ccc2c(CC(C)C)c(CNCC(C)C)oc2c1. The highest BCUT2D eigenvalue weighted by atomic mass is 16.5. The van der Waals surface area contributed by atoms with Crippen molar-refractivity contribution in [2.45, 2.75) is 40.7 Å². The monoisotopic (exact) mass is 289 g/mol. The zero-order chi connectivity index (χ0) is 15.4. The predicted molar refractivity (Wildman–Crippen MR) is 87.9 cm³/mol. The minimum absolute atomic E-state index is 0.608. The van der Waals surface area contributed by atoms with E-state index in [0.29, 0.717) is 11.8 Å². The average Bonchev–Trinajstić information content (AvgIpc) is 2.75. The number of furan rings is 1. The molecule has 0 bridgehead atoms. The zero-order valence-corrected chi connectivity index (χ0v) is 13.8. The lowest BCUT2D eigenvalue weighted by molar-refractivity contribution is 0.414. The molecule has 0 saturated heterocycles. The van der Waals surface area contributed by atoms with E-state index in [1.807, 2.05) is 12.1 Å². The number of hydrogen-bond acceptors (Lipinski definition) is 3. The Labute approximate surface area is 127 Å². The number of methoxy groups -OCH3 is 1. The van der Waals surface area contributed by atoms with Gasteiger partial charge < -0.3 is 14.5 Å². The molecule has 2 rings (SSSR count). The Morgan fingerprint density at radius 3 is 2.52 bits per heavy atom. The summed E-state index contributed by atoms with van der Waals surface area (Å²) < 4.78 is 11.4. The van der Waals surface area contributed by atoms with E-state index < -0.39 is 0 Å². The molecule has 0 unspecified atom stereocenters. The van der Waals surface area contributed by atoms with Gasteiger partial charge in [0.05, 0.1) is 13.7 Å². The summed E-state index contributed by atoms with van der Waals surface area (Å²) in [6.45, 7) is 10.7. The van der Waals surface area contributed by atoms with E-state index in [1.165, 1.54) is 10.9 Å². The molecule has 3 heteroatoms. The fraction of sp³-hybridized carbons (Fsp3) is 0.556. The maximum atomic E-state index is 6.08. The summed E-state index contributed by atoms with van der Waals surface area (Å²) in [6, 6.07) is 6.10. The summed E-state index contributed by atoms with van der Waals surface area (Å²) in [6.07, 6.45) is 1.04. The second-order valence-electron chi connectivity index (χ2n) is 6.49. The molecule has 0 aliphatic heterocycles. The van der Waals surface area contributed by atoms with Crippen LogP contribution in [-0.2, 0) is 13.0 Å². The van der Waals surface area contributed by atoms with Crippen LogP contribution in [0.15, 0.2) is 22.6 Å². The molecule has 1 aromatic carbocycles. The van der Waals surface area contributed by atoms with Crippen LogP contribution in [0.3, 0.4) is 0 Å². The van der Waals surface area contributed by atoms with Crippen LogP contribution in [0.25, 0.3) is 11.0 Å². The number of nitrogens with one attached hydrogen (secondary N) is 1. The Hall–Kier alpha value is -1.48. The zero-order valence-electron chi connectivity index (χ0n) is 13.8. The van der Waals surface area contributed by atoms with Gasteiger partial charge in [0.25, 0.3) is 0 Å². The van der Waals surface area contributed by atoms with Crippen molar-refractivity contribution in [3.63, 3.8) is 0 Å². The largest absolute Gasteiger partial charge is 0.497 e. The van der Waals surface area contributed by atoms with Crippen molar-refractivity contribution < 1.29 is 9.15 Å². The average molecular weight is 289 g/mol. The smallest absolute Gasteiger partial charge is 0.138 e. The van der Waals surface area contributed by atoms with Crippen molar-refractivity contribution >= 4 is 11.0 Å². The molecule has 0 saturated carbocycles. The molecule has 0 aliphatic carbocycles. The van der Waals surface area contributed by atoms with Gasteiger partial charge in [-0.15, -0.1) is 0 Å². The molecule has 0 aliphatic rings. The van der Waals surface area contributed by atoms with Gasteiger partial charge in [0, 0.05) is 17.0 Å². The lowest BCUT2D eigenvalue weighted by atomic mass is 9.99. The molecule has 0 fully saturated rings. The van der Waals surface area contributed by atoms with Crippen LogP contribution in [0.2, 0.25) is 0 Å². The summed E-state index contributed by atoms with van der Waals surface area (Å²) in [5.41, 5.74) is 2.25. The summed E-state index contributed by atoms with van der Waals surface area (Å²) in [4.78, 5) is 0. The second-order valence-corrected chi connectivity index (χ2v) is 6.49. The van der Waals surface area contributed by atoms with Gasteiger partial charge in [0.1, 0.15) is 17.1 Å². The first-order chi connectivity index (χ1) is 10.0. The molecule has 1 heterocycles. The molecule has 3 nitrogen and oxygen atoms in total. The first-order valence-corrected chi connectivity index (χ1v) is 7.80. The van der Waals surface area contributed by atoms with Crippen molar-refractivity contribution in [3.8, 4) is 5.75 Å². The van der Waals surface area contributed by atoms with Crippen LogP contribution in [0.1, 0.15) is 39.0 Å². The van der Waals surface area contributed by atoms with Gasteiger partial charge in [-0.25, -0.2) is 0 Å². The molecule has 21 heavy (non-hydrogen) atoms. The molecule has 0 spiro atoms. The van der Waals surface area contributed by atoms with Crippen LogP contribution in [0.5, 0.6) is 5.75 Å². The topological polar surface area (TPSA) is 34.4 Å². The fourth-order valence-electron chi connectivity index (χ4n) is 2.56. The summed E-state index contributed by atoms with van der Waals surface area (Å²) >= 11 is 0. The number of hydrogen-bond donors (Lipinski definition) is 1. The maximum absolute atomic E-state index is 6.08. The van der Waals surface area contributed by atoms with Gasteiger partial charge in [0.15, 0.2) is 0 Å². The van der Waals surface area contributed by atoms with Crippen LogP contribution in [0.4, 0.5) is 0 Å². The molecule has 1 aromatic heterocycles. The quantitative estimate of drug-likeness (QED) is 0.821. The highest BCUT2D eigenvalue weighted by molar-refractivity contribution is 5.83. The van der Waals surface area contributed by atoms with Gasteiger partial charge in [-0.1, -0.05) is 27.7 Å². The fourth-order valence-corrected chi connectivity index (χ4v) is 2.56. The van der Waals surface area contributed by atoms with E-state index in [4.69, 9.17) is 9.15 Å². The van der Waals surface area contributed by atoms with Crippen molar-refractivity contribution in [3.05, 3.63) is 29.5 Å². The minimum atomic E-state index is 0.608. The molecular weight excluding hydrogens is 262 g/mol. The third-order valence-electron chi connectivity index (χ3n) is 3.53. The second kappa shape index (κ2) is 6.99. The van der Waals surface area contributed by atoms with Crippen LogP contribution < -0.4 is 10.1 Å².